The van der Waals surface area contributed by atoms with Crippen LogP contribution in [0.15, 0.2) is 41.4 Å². The average molecular weight is 383 g/mol. The largest absolute Gasteiger partial charge is 0.480 e. The maximum absolute atomic E-state index is 13.2. The minimum Gasteiger partial charge on any atom is -0.480 e. The molecule has 0 saturated carbocycles. The van der Waals surface area contributed by atoms with E-state index in [0.29, 0.717) is 25.2 Å². The van der Waals surface area contributed by atoms with E-state index in [2.05, 4.69) is 9.71 Å². The zero-order chi connectivity index (χ0) is 18.9. The number of pyridine rings is 1. The van der Waals surface area contributed by atoms with E-state index in [1.54, 1.807) is 4.90 Å². The molecule has 1 aliphatic heterocycles. The summed E-state index contributed by atoms with van der Waals surface area (Å²) in [7, 11) is -4.05. The number of nitrogens with zero attached hydrogens (tertiary/aromatic N) is 2. The second kappa shape index (κ2) is 6.87. The van der Waals surface area contributed by atoms with Gasteiger partial charge in [0.05, 0.1) is 5.69 Å². The van der Waals surface area contributed by atoms with Crippen LogP contribution >= 0.6 is 0 Å². The van der Waals surface area contributed by atoms with E-state index < -0.39 is 33.7 Å². The minimum absolute atomic E-state index is 0.126. The summed E-state index contributed by atoms with van der Waals surface area (Å²) < 4.78 is 52.9. The highest BCUT2D eigenvalue weighted by atomic mass is 32.2. The number of hydrogen-bond donors (Lipinski definition) is 2. The van der Waals surface area contributed by atoms with Crippen LogP contribution in [-0.2, 0) is 14.8 Å². The van der Waals surface area contributed by atoms with Gasteiger partial charge in [-0.05, 0) is 37.1 Å². The fraction of sp³-hybridized carbons (Fsp3) is 0.250. The van der Waals surface area contributed by atoms with E-state index >= 15 is 0 Å². The first-order chi connectivity index (χ1) is 12.3. The zero-order valence-corrected chi connectivity index (χ0v) is 14.2. The Morgan fingerprint density at radius 1 is 1.23 bits per heavy atom. The van der Waals surface area contributed by atoms with Crippen LogP contribution in [-0.4, -0.2) is 37.1 Å². The molecule has 0 unspecified atom stereocenters. The number of halogens is 2. The number of aromatic nitrogens is 1. The smallest absolute Gasteiger partial charge is 0.326 e. The molecule has 1 saturated heterocycles. The molecule has 26 heavy (non-hydrogen) atoms. The van der Waals surface area contributed by atoms with E-state index in [4.69, 9.17) is 0 Å². The number of sulfonamides is 1. The average Bonchev–Trinajstić information content (AvgIpc) is 3.08. The van der Waals surface area contributed by atoms with Gasteiger partial charge in [-0.1, -0.05) is 0 Å². The lowest BCUT2D eigenvalue weighted by molar-refractivity contribution is -0.138. The van der Waals surface area contributed by atoms with Crippen molar-refractivity contribution in [3.63, 3.8) is 0 Å². The van der Waals surface area contributed by atoms with Gasteiger partial charge < -0.3 is 10.0 Å². The van der Waals surface area contributed by atoms with Crippen molar-refractivity contribution < 1.29 is 27.1 Å². The Morgan fingerprint density at radius 2 is 2.00 bits per heavy atom. The van der Waals surface area contributed by atoms with Crippen molar-refractivity contribution in [1.82, 2.24) is 4.98 Å². The number of nitrogens with one attached hydrogen (secondary N) is 1. The first-order valence-corrected chi connectivity index (χ1v) is 9.19. The van der Waals surface area contributed by atoms with E-state index in [9.17, 15) is 27.1 Å². The van der Waals surface area contributed by atoms with Crippen LogP contribution in [0.4, 0.5) is 20.3 Å². The second-order valence-electron chi connectivity index (χ2n) is 5.78. The summed E-state index contributed by atoms with van der Waals surface area (Å²) in [4.78, 5) is 16.7. The lowest BCUT2D eigenvalue weighted by Gasteiger charge is -2.22. The first kappa shape index (κ1) is 18.1. The molecule has 1 aliphatic rings. The van der Waals surface area contributed by atoms with Crippen LogP contribution < -0.4 is 9.62 Å². The van der Waals surface area contributed by atoms with Crippen LogP contribution in [0.25, 0.3) is 0 Å². The summed E-state index contributed by atoms with van der Waals surface area (Å²) >= 11 is 0. The van der Waals surface area contributed by atoms with Gasteiger partial charge in [-0.2, -0.15) is 0 Å². The molecular formula is C16H15F2N3O4S. The predicted octanol–water partition coefficient (Wildman–Crippen LogP) is 2.21. The third-order valence-corrected chi connectivity index (χ3v) is 5.40. The number of rotatable bonds is 5. The van der Waals surface area contributed by atoms with Crippen LogP contribution in [0.2, 0.25) is 0 Å². The summed E-state index contributed by atoms with van der Waals surface area (Å²) in [5.74, 6) is -2.85. The van der Waals surface area contributed by atoms with Gasteiger partial charge in [-0.15, -0.1) is 0 Å². The van der Waals surface area contributed by atoms with Gasteiger partial charge in [0.2, 0.25) is 0 Å². The van der Waals surface area contributed by atoms with Gasteiger partial charge in [-0.3, -0.25) is 4.72 Å². The summed E-state index contributed by atoms with van der Waals surface area (Å²) in [5, 5.41) is 9.20. The number of anilines is 2. The van der Waals surface area contributed by atoms with Gasteiger partial charge >= 0.3 is 5.97 Å². The van der Waals surface area contributed by atoms with Crippen molar-refractivity contribution in [2.24, 2.45) is 0 Å². The summed E-state index contributed by atoms with van der Waals surface area (Å²) in [5.41, 5.74) is -0.126. The lowest BCUT2D eigenvalue weighted by atomic mass is 10.2. The van der Waals surface area contributed by atoms with Crippen molar-refractivity contribution in [2.45, 2.75) is 23.8 Å². The molecule has 0 bridgehead atoms. The molecule has 2 heterocycles. The predicted molar refractivity (Wildman–Crippen MR) is 89.4 cm³/mol. The number of hydrogen-bond acceptors (Lipinski definition) is 5. The van der Waals surface area contributed by atoms with Crippen LogP contribution in [0.5, 0.6) is 0 Å². The molecule has 10 heteroatoms. The Kier molecular flexibility index (Phi) is 4.77. The highest BCUT2D eigenvalue weighted by Crippen LogP contribution is 2.25. The summed E-state index contributed by atoms with van der Waals surface area (Å²) in [6.45, 7) is 0.517. The standard InChI is InChI=1S/C16H15F2N3O4S/c17-12-5-3-10(8-13(12)18)20-26(24,25)11-4-6-15(19-9-11)21-7-1-2-14(21)16(22)23/h3-6,8-9,14,20H,1-2,7H2,(H,22,23)/t14-/m1/s1. The number of benzene rings is 1. The Morgan fingerprint density at radius 3 is 2.62 bits per heavy atom. The van der Waals surface area contributed by atoms with E-state index in [1.807, 2.05) is 0 Å². The van der Waals surface area contributed by atoms with Gasteiger partial charge in [-0.25, -0.2) is 27.0 Å². The van der Waals surface area contributed by atoms with Crippen molar-refractivity contribution in [3.8, 4) is 0 Å². The van der Waals surface area contributed by atoms with E-state index in [-0.39, 0.29) is 10.6 Å². The quantitative estimate of drug-likeness (QED) is 0.821. The molecular weight excluding hydrogens is 368 g/mol. The van der Waals surface area contributed by atoms with Crippen molar-refractivity contribution in [3.05, 3.63) is 48.2 Å². The molecule has 0 radical (unpaired) electrons. The topological polar surface area (TPSA) is 99.6 Å². The Bertz CT molecular complexity index is 935. The first-order valence-electron chi connectivity index (χ1n) is 7.71. The maximum atomic E-state index is 13.2. The molecule has 0 spiro atoms. The molecule has 1 aromatic carbocycles. The fourth-order valence-electron chi connectivity index (χ4n) is 2.77. The Balaban J connectivity index is 1.80. The van der Waals surface area contributed by atoms with Crippen LogP contribution in [0, 0.1) is 11.6 Å². The monoisotopic (exact) mass is 383 g/mol. The summed E-state index contributed by atoms with van der Waals surface area (Å²) in [6.07, 6.45) is 2.29. The minimum atomic E-state index is -4.05. The second-order valence-corrected chi connectivity index (χ2v) is 7.46. The molecule has 1 atom stereocenters. The van der Waals surface area contributed by atoms with Gasteiger partial charge in [0.15, 0.2) is 11.6 Å². The third-order valence-electron chi connectivity index (χ3n) is 4.03. The molecule has 0 amide bonds. The Hall–Kier alpha value is -2.75. The van der Waals surface area contributed by atoms with E-state index in [0.717, 1.165) is 24.4 Å². The van der Waals surface area contributed by atoms with E-state index in [1.165, 1.54) is 12.1 Å². The van der Waals surface area contributed by atoms with Gasteiger partial charge in [0, 0.05) is 18.8 Å². The van der Waals surface area contributed by atoms with Crippen molar-refractivity contribution in [2.75, 3.05) is 16.2 Å². The zero-order valence-electron chi connectivity index (χ0n) is 13.4. The summed E-state index contributed by atoms with van der Waals surface area (Å²) in [6, 6.07) is 4.65. The number of carboxylic acids is 1. The molecule has 1 aromatic heterocycles. The lowest BCUT2D eigenvalue weighted by Crippen LogP contribution is -2.36. The van der Waals surface area contributed by atoms with Crippen molar-refractivity contribution >= 4 is 27.5 Å². The third kappa shape index (κ3) is 3.59. The molecule has 7 nitrogen and oxygen atoms in total. The highest BCUT2D eigenvalue weighted by Gasteiger charge is 2.31. The number of carbonyl (C=O) groups is 1. The van der Waals surface area contributed by atoms with Crippen LogP contribution in [0.1, 0.15) is 12.8 Å². The maximum Gasteiger partial charge on any atom is 0.326 e. The molecule has 2 N–H and O–H groups in total. The molecule has 1 fully saturated rings. The SMILES string of the molecule is O=C(O)[C@H]1CCCN1c1ccc(S(=O)(=O)Nc2ccc(F)c(F)c2)cn1. The molecule has 138 valence electrons. The van der Waals surface area contributed by atoms with Crippen molar-refractivity contribution in [1.29, 1.82) is 0 Å². The number of carboxylic acid groups (broad SMARTS) is 1. The molecule has 0 aliphatic carbocycles. The Labute approximate surface area is 148 Å². The van der Waals surface area contributed by atoms with Gasteiger partial charge in [0.1, 0.15) is 16.8 Å². The fourth-order valence-corrected chi connectivity index (χ4v) is 3.77. The highest BCUT2D eigenvalue weighted by molar-refractivity contribution is 7.92. The normalized spacial score (nSPS) is 17.3. The van der Waals surface area contributed by atoms with Crippen LogP contribution in [0.3, 0.4) is 0 Å². The number of aliphatic carboxylic acids is 1. The molecule has 2 aromatic rings. The molecule has 3 rings (SSSR count). The van der Waals surface area contributed by atoms with Gasteiger partial charge in [0.25, 0.3) is 10.0 Å².